The monoisotopic (exact) mass is 602 g/mol. The molecular weight excluding hydrogens is 566 g/mol. The summed E-state index contributed by atoms with van der Waals surface area (Å²) in [5.74, 6) is 0. The van der Waals surface area contributed by atoms with Crippen LogP contribution in [-0.2, 0) is 12.3 Å². The van der Waals surface area contributed by atoms with Gasteiger partial charge in [-0.2, -0.15) is 0 Å². The summed E-state index contributed by atoms with van der Waals surface area (Å²) in [7, 11) is 5.59. The highest BCUT2D eigenvalue weighted by Gasteiger charge is 2.12. The molecule has 2 atom stereocenters. The first kappa shape index (κ1) is 28.7. The zero-order chi connectivity index (χ0) is 30.2. The average molecular weight is 603 g/mol. The smallest absolute Gasteiger partial charge is 0.0128 e. The predicted molar refractivity (Wildman–Crippen MR) is 199 cm³/mol. The van der Waals surface area contributed by atoms with Gasteiger partial charge in [-0.1, -0.05) is 121 Å². The highest BCUT2D eigenvalue weighted by atomic mass is 31.0. The van der Waals surface area contributed by atoms with Crippen molar-refractivity contribution in [3.8, 4) is 44.5 Å². The van der Waals surface area contributed by atoms with E-state index in [4.69, 9.17) is 0 Å². The molecule has 44 heavy (non-hydrogen) atoms. The largest absolute Gasteiger partial charge is 0.133 e. The van der Waals surface area contributed by atoms with Crippen LogP contribution in [0.4, 0.5) is 0 Å². The molecule has 0 aliphatic rings. The molecule has 0 heterocycles. The number of hydrogen-bond acceptors (Lipinski definition) is 0. The van der Waals surface area contributed by atoms with Gasteiger partial charge in [0, 0.05) is 0 Å². The Morgan fingerprint density at radius 2 is 0.568 bits per heavy atom. The van der Waals surface area contributed by atoms with Gasteiger partial charge < -0.3 is 0 Å². The molecule has 7 aromatic rings. The fourth-order valence-corrected chi connectivity index (χ4v) is 6.93. The van der Waals surface area contributed by atoms with Crippen molar-refractivity contribution in [3.05, 3.63) is 156 Å². The van der Waals surface area contributed by atoms with Crippen LogP contribution in [0.3, 0.4) is 0 Å². The van der Waals surface area contributed by atoms with Gasteiger partial charge in [-0.3, -0.25) is 0 Å². The third kappa shape index (κ3) is 5.39. The predicted octanol–water partition coefficient (Wildman–Crippen LogP) is 12.0. The second-order valence-corrected chi connectivity index (χ2v) is 12.5. The Kier molecular flexibility index (Phi) is 7.91. The van der Waals surface area contributed by atoms with Gasteiger partial charge in [-0.05, 0) is 127 Å². The fraction of sp³-hybridized carbons (Fsp3) is 0.0952. The molecule has 0 radical (unpaired) electrons. The highest BCUT2D eigenvalue weighted by Crippen LogP contribution is 2.37. The van der Waals surface area contributed by atoms with Crippen LogP contribution in [0.15, 0.2) is 133 Å². The Bertz CT molecular complexity index is 1950. The SMILES string of the molecule is Cc1c2ccc(-c3ccc(-c4ccc(CP)cc4)cc3)cc2c(C)c2ccc(-c3ccc(-c4ccc(CP)cc4)cc3)cc12. The van der Waals surface area contributed by atoms with Crippen molar-refractivity contribution in [2.24, 2.45) is 0 Å². The molecule has 7 rings (SSSR count). The van der Waals surface area contributed by atoms with Gasteiger partial charge in [-0.25, -0.2) is 0 Å². The van der Waals surface area contributed by atoms with Crippen LogP contribution in [0, 0.1) is 13.8 Å². The Balaban J connectivity index is 1.20. The number of aryl methyl sites for hydroxylation is 2. The number of fused-ring (bicyclic) bond motifs is 2. The quantitative estimate of drug-likeness (QED) is 0.131. The lowest BCUT2D eigenvalue weighted by molar-refractivity contribution is 1.42. The molecule has 0 fully saturated rings. The molecular formula is C42H36P2. The molecule has 0 aliphatic heterocycles. The molecule has 2 heteroatoms. The first-order chi connectivity index (χ1) is 21.5. The molecule has 0 saturated carbocycles. The van der Waals surface area contributed by atoms with Crippen molar-refractivity contribution in [1.29, 1.82) is 0 Å². The van der Waals surface area contributed by atoms with Crippen LogP contribution in [0.1, 0.15) is 22.3 Å². The second kappa shape index (κ2) is 12.1. The summed E-state index contributed by atoms with van der Waals surface area (Å²) < 4.78 is 0. The van der Waals surface area contributed by atoms with Gasteiger partial charge in [0.1, 0.15) is 0 Å². The first-order valence-corrected chi connectivity index (χ1v) is 16.9. The lowest BCUT2D eigenvalue weighted by Gasteiger charge is -2.15. The maximum atomic E-state index is 2.79. The summed E-state index contributed by atoms with van der Waals surface area (Å²) in [6.07, 6.45) is 1.97. The minimum atomic E-state index is 0.985. The Morgan fingerprint density at radius 3 is 0.864 bits per heavy atom. The molecule has 0 amide bonds. The molecule has 7 aromatic carbocycles. The molecule has 0 bridgehead atoms. The van der Waals surface area contributed by atoms with Gasteiger partial charge >= 0.3 is 0 Å². The summed E-state index contributed by atoms with van der Waals surface area (Å²) in [6, 6.07) is 49.6. The van der Waals surface area contributed by atoms with Gasteiger partial charge in [0.25, 0.3) is 0 Å². The second-order valence-electron chi connectivity index (χ2n) is 11.7. The van der Waals surface area contributed by atoms with E-state index in [0.717, 1.165) is 12.3 Å². The molecule has 2 unspecified atom stereocenters. The van der Waals surface area contributed by atoms with Crippen LogP contribution >= 0.6 is 18.5 Å². The van der Waals surface area contributed by atoms with Crippen molar-refractivity contribution in [2.45, 2.75) is 26.2 Å². The first-order valence-electron chi connectivity index (χ1n) is 15.3. The Morgan fingerprint density at radius 1 is 0.318 bits per heavy atom. The molecule has 0 nitrogen and oxygen atoms in total. The molecule has 0 N–H and O–H groups in total. The highest BCUT2D eigenvalue weighted by molar-refractivity contribution is 7.15. The van der Waals surface area contributed by atoms with E-state index in [1.807, 2.05) is 0 Å². The number of rotatable bonds is 6. The summed E-state index contributed by atoms with van der Waals surface area (Å²) in [5, 5.41) is 5.31. The zero-order valence-corrected chi connectivity index (χ0v) is 27.6. The van der Waals surface area contributed by atoms with Crippen molar-refractivity contribution in [2.75, 3.05) is 0 Å². The van der Waals surface area contributed by atoms with Crippen molar-refractivity contribution >= 4 is 40.0 Å². The lowest BCUT2D eigenvalue weighted by atomic mass is 9.89. The van der Waals surface area contributed by atoms with Gasteiger partial charge in [-0.15, -0.1) is 18.5 Å². The van der Waals surface area contributed by atoms with Crippen molar-refractivity contribution < 1.29 is 0 Å². The normalized spacial score (nSPS) is 11.4. The average Bonchev–Trinajstić information content (AvgIpc) is 3.10. The number of hydrogen-bond donors (Lipinski definition) is 0. The molecule has 0 aliphatic carbocycles. The van der Waals surface area contributed by atoms with Crippen molar-refractivity contribution in [1.82, 2.24) is 0 Å². The van der Waals surface area contributed by atoms with E-state index < -0.39 is 0 Å². The van der Waals surface area contributed by atoms with E-state index in [9.17, 15) is 0 Å². The van der Waals surface area contributed by atoms with Gasteiger partial charge in [0.2, 0.25) is 0 Å². The molecule has 214 valence electrons. The van der Waals surface area contributed by atoms with Crippen LogP contribution in [0.5, 0.6) is 0 Å². The van der Waals surface area contributed by atoms with Crippen LogP contribution in [0.2, 0.25) is 0 Å². The Labute approximate surface area is 265 Å². The topological polar surface area (TPSA) is 0 Å². The van der Waals surface area contributed by atoms with Crippen LogP contribution in [0.25, 0.3) is 66.1 Å². The Hall–Kier alpha value is -4.08. The lowest BCUT2D eigenvalue weighted by Crippen LogP contribution is -1.90. The minimum Gasteiger partial charge on any atom is -0.133 e. The van der Waals surface area contributed by atoms with Gasteiger partial charge in [0.15, 0.2) is 0 Å². The summed E-state index contributed by atoms with van der Waals surface area (Å²) in [6.45, 7) is 4.54. The van der Waals surface area contributed by atoms with E-state index in [1.165, 1.54) is 88.3 Å². The fourth-order valence-electron chi connectivity index (χ4n) is 6.39. The maximum Gasteiger partial charge on any atom is -0.0128 e. The van der Waals surface area contributed by atoms with Crippen LogP contribution in [-0.4, -0.2) is 0 Å². The summed E-state index contributed by atoms with van der Waals surface area (Å²) >= 11 is 0. The van der Waals surface area contributed by atoms with E-state index in [-0.39, 0.29) is 0 Å². The number of benzene rings is 7. The van der Waals surface area contributed by atoms with E-state index in [2.05, 4.69) is 166 Å². The standard InChI is InChI=1S/C42H36P2/c1-27-39-21-19-38(36-17-13-34(14-18-36)32-9-5-30(26-44)6-10-32)24-42(39)28(2)40-22-20-37(23-41(27)40)35-15-11-33(12-16-35)31-7-3-29(25-43)4-8-31/h3-24H,25-26,43-44H2,1-2H3. The van der Waals surface area contributed by atoms with E-state index in [0.29, 0.717) is 0 Å². The van der Waals surface area contributed by atoms with Gasteiger partial charge in [0.05, 0.1) is 0 Å². The van der Waals surface area contributed by atoms with E-state index >= 15 is 0 Å². The third-order valence-electron chi connectivity index (χ3n) is 9.14. The molecule has 0 aromatic heterocycles. The third-order valence-corrected chi connectivity index (χ3v) is 10.1. The summed E-state index contributed by atoms with van der Waals surface area (Å²) in [5.41, 5.74) is 15.4. The zero-order valence-electron chi connectivity index (χ0n) is 25.3. The minimum absolute atomic E-state index is 0.985. The van der Waals surface area contributed by atoms with E-state index in [1.54, 1.807) is 0 Å². The van der Waals surface area contributed by atoms with Crippen LogP contribution < -0.4 is 0 Å². The molecule has 0 saturated heterocycles. The maximum absolute atomic E-state index is 2.79. The van der Waals surface area contributed by atoms with Crippen molar-refractivity contribution in [3.63, 3.8) is 0 Å². The summed E-state index contributed by atoms with van der Waals surface area (Å²) in [4.78, 5) is 0. The molecule has 0 spiro atoms.